The number of nitrogens with zero attached hydrogens (tertiary/aromatic N) is 1. The van der Waals surface area contributed by atoms with Gasteiger partial charge in [-0.25, -0.2) is 0 Å². The lowest BCUT2D eigenvalue weighted by atomic mass is 9.93. The quantitative estimate of drug-likeness (QED) is 0.652. The minimum absolute atomic E-state index is 0.387. The van der Waals surface area contributed by atoms with Crippen LogP contribution in [0.25, 0.3) is 0 Å². The van der Waals surface area contributed by atoms with Gasteiger partial charge in [-0.2, -0.15) is 0 Å². The Morgan fingerprint density at radius 2 is 2.00 bits per heavy atom. The fraction of sp³-hybridized carbons (Fsp3) is 1.00. The SMILES string of the molecule is CCC(C)CN(C)C1CCCCC1Cl. The van der Waals surface area contributed by atoms with Gasteiger partial charge in [0, 0.05) is 18.0 Å². The molecule has 14 heavy (non-hydrogen) atoms. The van der Waals surface area contributed by atoms with Gasteiger partial charge in [0.05, 0.1) is 0 Å². The smallest absolute Gasteiger partial charge is 0.0491 e. The Bertz CT molecular complexity index is 160. The summed E-state index contributed by atoms with van der Waals surface area (Å²) in [6.07, 6.45) is 6.45. The fourth-order valence-electron chi connectivity index (χ4n) is 2.32. The molecule has 84 valence electrons. The van der Waals surface area contributed by atoms with Crippen molar-refractivity contribution >= 4 is 11.6 Å². The molecule has 1 saturated carbocycles. The number of hydrogen-bond donors (Lipinski definition) is 0. The highest BCUT2D eigenvalue weighted by atomic mass is 35.5. The van der Waals surface area contributed by atoms with Gasteiger partial charge in [-0.3, -0.25) is 0 Å². The molecule has 0 aliphatic heterocycles. The Balaban J connectivity index is 2.37. The standard InChI is InChI=1S/C12H24ClN/c1-4-10(2)9-14(3)12-8-6-5-7-11(12)13/h10-12H,4-9H2,1-3H3. The van der Waals surface area contributed by atoms with Crippen LogP contribution in [0.3, 0.4) is 0 Å². The average molecular weight is 218 g/mol. The van der Waals surface area contributed by atoms with Crippen molar-refractivity contribution in [2.45, 2.75) is 57.4 Å². The van der Waals surface area contributed by atoms with E-state index in [1.807, 2.05) is 0 Å². The zero-order chi connectivity index (χ0) is 10.6. The van der Waals surface area contributed by atoms with Gasteiger partial charge in [-0.1, -0.05) is 33.1 Å². The molecule has 1 fully saturated rings. The summed E-state index contributed by atoms with van der Waals surface area (Å²) in [5.74, 6) is 0.797. The Morgan fingerprint density at radius 3 is 2.57 bits per heavy atom. The minimum Gasteiger partial charge on any atom is -0.302 e. The molecule has 0 spiro atoms. The van der Waals surface area contributed by atoms with E-state index in [2.05, 4.69) is 25.8 Å². The Kier molecular flexibility index (Phi) is 5.25. The highest BCUT2D eigenvalue weighted by Crippen LogP contribution is 2.27. The highest BCUT2D eigenvalue weighted by molar-refractivity contribution is 6.21. The topological polar surface area (TPSA) is 3.24 Å². The van der Waals surface area contributed by atoms with Crippen molar-refractivity contribution < 1.29 is 0 Å². The first kappa shape index (κ1) is 12.3. The second kappa shape index (κ2) is 5.97. The lowest BCUT2D eigenvalue weighted by molar-refractivity contribution is 0.172. The average Bonchev–Trinajstić information content (AvgIpc) is 2.18. The molecule has 0 radical (unpaired) electrons. The third-order valence-electron chi connectivity index (χ3n) is 3.51. The monoisotopic (exact) mass is 217 g/mol. The van der Waals surface area contributed by atoms with Crippen LogP contribution in [0.5, 0.6) is 0 Å². The van der Waals surface area contributed by atoms with Crippen LogP contribution in [-0.2, 0) is 0 Å². The molecule has 0 bridgehead atoms. The van der Waals surface area contributed by atoms with Crippen molar-refractivity contribution in [2.75, 3.05) is 13.6 Å². The van der Waals surface area contributed by atoms with Crippen LogP contribution in [0.4, 0.5) is 0 Å². The molecule has 0 aromatic heterocycles. The van der Waals surface area contributed by atoms with Crippen molar-refractivity contribution in [3.8, 4) is 0 Å². The third kappa shape index (κ3) is 3.43. The molecule has 0 aromatic rings. The van der Waals surface area contributed by atoms with E-state index in [1.54, 1.807) is 0 Å². The summed E-state index contributed by atoms with van der Waals surface area (Å²) >= 11 is 6.36. The van der Waals surface area contributed by atoms with E-state index >= 15 is 0 Å². The Labute approximate surface area is 93.8 Å². The van der Waals surface area contributed by atoms with Crippen molar-refractivity contribution in [1.82, 2.24) is 4.90 Å². The van der Waals surface area contributed by atoms with E-state index in [0.717, 1.165) is 5.92 Å². The molecule has 0 aromatic carbocycles. The molecule has 0 N–H and O–H groups in total. The fourth-order valence-corrected chi connectivity index (χ4v) is 2.79. The molecule has 2 heteroatoms. The lowest BCUT2D eigenvalue weighted by Gasteiger charge is -2.36. The normalized spacial score (nSPS) is 30.6. The van der Waals surface area contributed by atoms with Crippen LogP contribution in [-0.4, -0.2) is 29.9 Å². The molecule has 0 saturated heterocycles. The van der Waals surface area contributed by atoms with Crippen LogP contribution in [0.1, 0.15) is 46.0 Å². The minimum atomic E-state index is 0.387. The first-order valence-corrected chi connectivity index (χ1v) is 6.43. The predicted octanol–water partition coefficient (Wildman–Crippen LogP) is 3.51. The van der Waals surface area contributed by atoms with Crippen molar-refractivity contribution in [3.63, 3.8) is 0 Å². The molecule has 0 amide bonds. The molecular weight excluding hydrogens is 194 g/mol. The van der Waals surface area contributed by atoms with Gasteiger partial charge < -0.3 is 4.90 Å². The molecule has 1 nitrogen and oxygen atoms in total. The number of halogens is 1. The maximum Gasteiger partial charge on any atom is 0.0491 e. The molecule has 1 rings (SSSR count). The molecule has 0 heterocycles. The second-order valence-electron chi connectivity index (χ2n) is 4.82. The first-order valence-electron chi connectivity index (χ1n) is 5.99. The molecular formula is C12H24ClN. The molecule has 3 atom stereocenters. The molecule has 1 aliphatic rings. The van der Waals surface area contributed by atoms with E-state index in [1.165, 1.54) is 38.6 Å². The van der Waals surface area contributed by atoms with Crippen molar-refractivity contribution in [1.29, 1.82) is 0 Å². The Hall–Kier alpha value is 0.250. The number of rotatable bonds is 4. The third-order valence-corrected chi connectivity index (χ3v) is 4.02. The van der Waals surface area contributed by atoms with Crippen LogP contribution in [0, 0.1) is 5.92 Å². The number of hydrogen-bond acceptors (Lipinski definition) is 1. The van der Waals surface area contributed by atoms with Gasteiger partial charge in [0.25, 0.3) is 0 Å². The summed E-state index contributed by atoms with van der Waals surface area (Å²) in [4.78, 5) is 2.48. The second-order valence-corrected chi connectivity index (χ2v) is 5.38. The summed E-state index contributed by atoms with van der Waals surface area (Å²) < 4.78 is 0. The van der Waals surface area contributed by atoms with E-state index in [4.69, 9.17) is 11.6 Å². The van der Waals surface area contributed by atoms with E-state index in [0.29, 0.717) is 11.4 Å². The van der Waals surface area contributed by atoms with Gasteiger partial charge >= 0.3 is 0 Å². The summed E-state index contributed by atoms with van der Waals surface area (Å²) in [5.41, 5.74) is 0. The maximum atomic E-state index is 6.36. The van der Waals surface area contributed by atoms with Crippen molar-refractivity contribution in [2.24, 2.45) is 5.92 Å². The zero-order valence-electron chi connectivity index (χ0n) is 9.80. The van der Waals surface area contributed by atoms with Crippen LogP contribution < -0.4 is 0 Å². The maximum absolute atomic E-state index is 6.36. The van der Waals surface area contributed by atoms with E-state index in [-0.39, 0.29) is 0 Å². The van der Waals surface area contributed by atoms with Crippen LogP contribution in [0.2, 0.25) is 0 Å². The summed E-state index contributed by atoms with van der Waals surface area (Å²) in [6, 6.07) is 0.624. The van der Waals surface area contributed by atoms with Crippen LogP contribution in [0.15, 0.2) is 0 Å². The summed E-state index contributed by atoms with van der Waals surface area (Å²) in [5, 5.41) is 0.387. The lowest BCUT2D eigenvalue weighted by Crippen LogP contribution is -2.42. The van der Waals surface area contributed by atoms with Gasteiger partial charge in [-0.15, -0.1) is 11.6 Å². The molecule has 1 aliphatic carbocycles. The van der Waals surface area contributed by atoms with E-state index in [9.17, 15) is 0 Å². The first-order chi connectivity index (χ1) is 6.65. The van der Waals surface area contributed by atoms with Gasteiger partial charge in [-0.05, 0) is 25.8 Å². The van der Waals surface area contributed by atoms with E-state index < -0.39 is 0 Å². The Morgan fingerprint density at radius 1 is 1.36 bits per heavy atom. The van der Waals surface area contributed by atoms with Gasteiger partial charge in [0.1, 0.15) is 0 Å². The van der Waals surface area contributed by atoms with Gasteiger partial charge in [0.15, 0.2) is 0 Å². The molecule has 3 unspecified atom stereocenters. The highest BCUT2D eigenvalue weighted by Gasteiger charge is 2.26. The van der Waals surface area contributed by atoms with Crippen LogP contribution >= 0.6 is 11.6 Å². The summed E-state index contributed by atoms with van der Waals surface area (Å²) in [7, 11) is 2.23. The number of alkyl halides is 1. The zero-order valence-corrected chi connectivity index (χ0v) is 10.6. The largest absolute Gasteiger partial charge is 0.302 e. The summed E-state index contributed by atoms with van der Waals surface area (Å²) in [6.45, 7) is 5.78. The van der Waals surface area contributed by atoms with Gasteiger partial charge in [0.2, 0.25) is 0 Å². The van der Waals surface area contributed by atoms with Crippen molar-refractivity contribution in [3.05, 3.63) is 0 Å². The predicted molar refractivity (Wildman–Crippen MR) is 64.0 cm³/mol.